The van der Waals surface area contributed by atoms with Crippen molar-refractivity contribution >= 4 is 23.3 Å². The molecular weight excluding hydrogens is 350 g/mol. The first-order valence-electron chi connectivity index (χ1n) is 8.46. The molecule has 2 aromatic rings. The average molecular weight is 369 g/mol. The summed E-state index contributed by atoms with van der Waals surface area (Å²) in [7, 11) is 0. The van der Waals surface area contributed by atoms with Gasteiger partial charge in [0.15, 0.2) is 23.9 Å². The Kier molecular flexibility index (Phi) is 5.71. The molecule has 140 valence electrons. The zero-order chi connectivity index (χ0) is 19.2. The quantitative estimate of drug-likeness (QED) is 0.621. The van der Waals surface area contributed by atoms with E-state index in [1.807, 2.05) is 0 Å². The number of nitrogens with one attached hydrogen (secondary N) is 1. The number of ether oxygens (including phenoxy) is 3. The van der Waals surface area contributed by atoms with Gasteiger partial charge in [0.2, 0.25) is 5.91 Å². The molecule has 1 amide bonds. The number of esters is 1. The van der Waals surface area contributed by atoms with Gasteiger partial charge in [-0.25, -0.2) is 0 Å². The van der Waals surface area contributed by atoms with Crippen molar-refractivity contribution in [2.24, 2.45) is 0 Å². The van der Waals surface area contributed by atoms with Crippen molar-refractivity contribution in [3.63, 3.8) is 0 Å². The molecule has 3 rings (SSSR count). The Morgan fingerprint density at radius 1 is 1.00 bits per heavy atom. The fourth-order valence-electron chi connectivity index (χ4n) is 2.57. The molecule has 7 nitrogen and oxygen atoms in total. The van der Waals surface area contributed by atoms with Crippen LogP contribution in [-0.4, -0.2) is 37.5 Å². The van der Waals surface area contributed by atoms with Crippen LogP contribution in [0.5, 0.6) is 11.5 Å². The third-order valence-corrected chi connectivity index (χ3v) is 3.85. The number of anilines is 1. The highest BCUT2D eigenvalue weighted by Crippen LogP contribution is 2.30. The molecule has 0 aliphatic carbocycles. The van der Waals surface area contributed by atoms with Crippen LogP contribution in [0.15, 0.2) is 42.5 Å². The van der Waals surface area contributed by atoms with Crippen LogP contribution < -0.4 is 14.8 Å². The second kappa shape index (κ2) is 8.35. The molecule has 0 saturated heterocycles. The zero-order valence-corrected chi connectivity index (χ0v) is 14.8. The molecule has 0 aromatic heterocycles. The van der Waals surface area contributed by atoms with Gasteiger partial charge in [0.25, 0.3) is 0 Å². The van der Waals surface area contributed by atoms with Crippen molar-refractivity contribution < 1.29 is 28.6 Å². The number of benzene rings is 2. The van der Waals surface area contributed by atoms with E-state index < -0.39 is 5.97 Å². The molecule has 0 spiro atoms. The van der Waals surface area contributed by atoms with Gasteiger partial charge >= 0.3 is 5.97 Å². The Bertz CT molecular complexity index is 859. The normalized spacial score (nSPS) is 12.2. The number of fused-ring (bicyclic) bond motifs is 1. The highest BCUT2D eigenvalue weighted by Gasteiger charge is 2.16. The summed E-state index contributed by atoms with van der Waals surface area (Å²) in [6, 6.07) is 11.7. The second-order valence-electron chi connectivity index (χ2n) is 6.00. The molecule has 0 fully saturated rings. The number of hydrogen-bond acceptors (Lipinski definition) is 6. The molecule has 7 heteroatoms. The minimum Gasteiger partial charge on any atom is -0.486 e. The highest BCUT2D eigenvalue weighted by atomic mass is 16.6. The van der Waals surface area contributed by atoms with Crippen molar-refractivity contribution in [3.05, 3.63) is 53.6 Å². The van der Waals surface area contributed by atoms with E-state index in [0.717, 1.165) is 5.56 Å². The van der Waals surface area contributed by atoms with Crippen LogP contribution in [0.4, 0.5) is 5.69 Å². The van der Waals surface area contributed by atoms with Crippen LogP contribution in [0.3, 0.4) is 0 Å². The molecule has 1 heterocycles. The number of carbonyl (C=O) groups excluding carboxylic acids is 3. The third kappa shape index (κ3) is 5.07. The molecule has 1 aliphatic rings. The van der Waals surface area contributed by atoms with Crippen molar-refractivity contribution in [1.29, 1.82) is 0 Å². The van der Waals surface area contributed by atoms with Crippen LogP contribution in [0, 0.1) is 0 Å². The molecular formula is C20H19NO6. The predicted octanol–water partition coefficient (Wildman–Crippen LogP) is 2.38. The first-order chi connectivity index (χ1) is 13.0. The number of ketones is 1. The van der Waals surface area contributed by atoms with E-state index in [9.17, 15) is 14.4 Å². The van der Waals surface area contributed by atoms with Gasteiger partial charge in [0, 0.05) is 18.2 Å². The Morgan fingerprint density at radius 2 is 1.70 bits per heavy atom. The molecule has 0 unspecified atom stereocenters. The van der Waals surface area contributed by atoms with Gasteiger partial charge in [0.1, 0.15) is 13.2 Å². The van der Waals surface area contributed by atoms with Crippen LogP contribution in [0.2, 0.25) is 0 Å². The molecule has 1 N–H and O–H groups in total. The standard InChI is InChI=1S/C20H19NO6/c1-13(22)21-16-5-2-14(3-6-16)10-20(24)27-12-17(23)15-4-7-18-19(11-15)26-9-8-25-18/h2-7,11H,8-10,12H2,1H3,(H,21,22). The average Bonchev–Trinajstić information content (AvgIpc) is 2.67. The van der Waals surface area contributed by atoms with E-state index in [4.69, 9.17) is 14.2 Å². The molecule has 27 heavy (non-hydrogen) atoms. The molecule has 0 bridgehead atoms. The molecule has 0 radical (unpaired) electrons. The predicted molar refractivity (Wildman–Crippen MR) is 97.2 cm³/mol. The van der Waals surface area contributed by atoms with Gasteiger partial charge in [-0.1, -0.05) is 12.1 Å². The minimum absolute atomic E-state index is 0.0365. The Balaban J connectivity index is 1.51. The minimum atomic E-state index is -0.506. The maximum atomic E-state index is 12.2. The van der Waals surface area contributed by atoms with E-state index in [-0.39, 0.29) is 24.7 Å². The fourth-order valence-corrected chi connectivity index (χ4v) is 2.57. The largest absolute Gasteiger partial charge is 0.486 e. The van der Waals surface area contributed by atoms with Gasteiger partial charge in [-0.05, 0) is 35.9 Å². The van der Waals surface area contributed by atoms with Gasteiger partial charge < -0.3 is 19.5 Å². The van der Waals surface area contributed by atoms with Crippen molar-refractivity contribution in [3.8, 4) is 11.5 Å². The lowest BCUT2D eigenvalue weighted by atomic mass is 10.1. The SMILES string of the molecule is CC(=O)Nc1ccc(CC(=O)OCC(=O)c2ccc3c(c2)OCCO3)cc1. The number of amides is 1. The summed E-state index contributed by atoms with van der Waals surface area (Å²) in [5.74, 6) is 0.115. The zero-order valence-electron chi connectivity index (χ0n) is 14.8. The maximum Gasteiger partial charge on any atom is 0.310 e. The number of carbonyl (C=O) groups is 3. The summed E-state index contributed by atoms with van der Waals surface area (Å²) < 4.78 is 15.9. The van der Waals surface area contributed by atoms with Crippen LogP contribution >= 0.6 is 0 Å². The molecule has 2 aromatic carbocycles. The van der Waals surface area contributed by atoms with E-state index >= 15 is 0 Å². The summed E-state index contributed by atoms with van der Waals surface area (Å²) in [4.78, 5) is 35.2. The van der Waals surface area contributed by atoms with Crippen LogP contribution in [0.1, 0.15) is 22.8 Å². The molecule has 1 aliphatic heterocycles. The topological polar surface area (TPSA) is 90.9 Å². The summed E-state index contributed by atoms with van der Waals surface area (Å²) in [5, 5.41) is 2.65. The van der Waals surface area contributed by atoms with Crippen molar-refractivity contribution in [1.82, 2.24) is 0 Å². The fraction of sp³-hybridized carbons (Fsp3) is 0.250. The maximum absolute atomic E-state index is 12.2. The first kappa shape index (κ1) is 18.4. The summed E-state index contributed by atoms with van der Waals surface area (Å²) in [6.45, 7) is 1.98. The van der Waals surface area contributed by atoms with Crippen LogP contribution in [0.25, 0.3) is 0 Å². The van der Waals surface area contributed by atoms with Gasteiger partial charge in [-0.15, -0.1) is 0 Å². The Labute approximate surface area is 156 Å². The van der Waals surface area contributed by atoms with Crippen molar-refractivity contribution in [2.75, 3.05) is 25.1 Å². The lowest BCUT2D eigenvalue weighted by molar-refractivity contribution is -0.141. The molecule has 0 saturated carbocycles. The first-order valence-corrected chi connectivity index (χ1v) is 8.46. The number of Topliss-reactive ketones (excluding diaryl/α,β-unsaturated/α-hetero) is 1. The van der Waals surface area contributed by atoms with Gasteiger partial charge in [0.05, 0.1) is 6.42 Å². The highest BCUT2D eigenvalue weighted by molar-refractivity contribution is 5.98. The van der Waals surface area contributed by atoms with Gasteiger partial charge in [-0.3, -0.25) is 14.4 Å². The third-order valence-electron chi connectivity index (χ3n) is 3.85. The summed E-state index contributed by atoms with van der Waals surface area (Å²) in [6.07, 6.45) is 0.0365. The number of rotatable bonds is 6. The van der Waals surface area contributed by atoms with Crippen LogP contribution in [-0.2, 0) is 20.7 Å². The number of hydrogen-bond donors (Lipinski definition) is 1. The lowest BCUT2D eigenvalue weighted by Gasteiger charge is -2.18. The smallest absolute Gasteiger partial charge is 0.310 e. The second-order valence-corrected chi connectivity index (χ2v) is 6.00. The van der Waals surface area contributed by atoms with Gasteiger partial charge in [-0.2, -0.15) is 0 Å². The van der Waals surface area contributed by atoms with E-state index in [2.05, 4.69) is 5.32 Å². The molecule has 0 atom stereocenters. The Hall–Kier alpha value is -3.35. The van der Waals surface area contributed by atoms with E-state index in [1.165, 1.54) is 6.92 Å². The van der Waals surface area contributed by atoms with E-state index in [1.54, 1.807) is 42.5 Å². The Morgan fingerprint density at radius 3 is 2.41 bits per heavy atom. The lowest BCUT2D eigenvalue weighted by Crippen LogP contribution is -2.18. The van der Waals surface area contributed by atoms with E-state index in [0.29, 0.717) is 36.0 Å². The summed E-state index contributed by atoms with van der Waals surface area (Å²) in [5.41, 5.74) is 1.76. The monoisotopic (exact) mass is 369 g/mol. The van der Waals surface area contributed by atoms with Crippen molar-refractivity contribution in [2.45, 2.75) is 13.3 Å². The summed E-state index contributed by atoms with van der Waals surface area (Å²) >= 11 is 0.